The SMILES string of the molecule is Cc1cc(C)c(C#N)c(N2CCC[C@H](c3nccn3CC3CC3)C2)n1. The molecule has 4 rings (SSSR count). The average molecular weight is 335 g/mol. The van der Waals surface area contributed by atoms with Crippen molar-refractivity contribution in [3.8, 4) is 6.07 Å². The van der Waals surface area contributed by atoms with E-state index in [0.29, 0.717) is 11.5 Å². The second kappa shape index (κ2) is 6.51. The fourth-order valence-electron chi connectivity index (χ4n) is 3.98. The number of rotatable bonds is 4. The smallest absolute Gasteiger partial charge is 0.147 e. The maximum Gasteiger partial charge on any atom is 0.147 e. The highest BCUT2D eigenvalue weighted by Gasteiger charge is 2.29. The number of imidazole rings is 1. The summed E-state index contributed by atoms with van der Waals surface area (Å²) in [6.07, 6.45) is 9.04. The number of anilines is 1. The summed E-state index contributed by atoms with van der Waals surface area (Å²) < 4.78 is 2.35. The minimum Gasteiger partial charge on any atom is -0.355 e. The molecular weight excluding hydrogens is 310 g/mol. The summed E-state index contributed by atoms with van der Waals surface area (Å²) >= 11 is 0. The number of piperidine rings is 1. The van der Waals surface area contributed by atoms with E-state index in [1.807, 2.05) is 26.1 Å². The first-order chi connectivity index (χ1) is 12.2. The van der Waals surface area contributed by atoms with Crippen LogP contribution in [0.4, 0.5) is 5.82 Å². The van der Waals surface area contributed by atoms with Crippen molar-refractivity contribution in [2.24, 2.45) is 5.92 Å². The molecule has 2 aromatic rings. The third-order valence-electron chi connectivity index (χ3n) is 5.42. The molecular formula is C20H25N5. The first kappa shape index (κ1) is 16.1. The van der Waals surface area contributed by atoms with Gasteiger partial charge in [0, 0.05) is 43.6 Å². The Balaban J connectivity index is 1.60. The molecule has 0 spiro atoms. The molecule has 0 aromatic carbocycles. The average Bonchev–Trinajstić information content (AvgIpc) is 3.29. The van der Waals surface area contributed by atoms with Crippen molar-refractivity contribution < 1.29 is 0 Å². The molecule has 5 nitrogen and oxygen atoms in total. The molecule has 0 unspecified atom stereocenters. The standard InChI is InChI=1S/C20H25N5/c1-14-10-15(2)23-20(18(14)11-21)24-8-3-4-17(13-24)19-22-7-9-25(19)12-16-5-6-16/h7,9-10,16-17H,3-6,8,12-13H2,1-2H3/t17-/m0/s1. The van der Waals surface area contributed by atoms with Crippen molar-refractivity contribution in [2.75, 3.05) is 18.0 Å². The zero-order valence-corrected chi connectivity index (χ0v) is 15.1. The fraction of sp³-hybridized carbons (Fsp3) is 0.550. The second-order valence-corrected chi connectivity index (χ2v) is 7.56. The topological polar surface area (TPSA) is 57.7 Å². The molecule has 5 heteroatoms. The summed E-state index contributed by atoms with van der Waals surface area (Å²) in [7, 11) is 0. The first-order valence-electron chi connectivity index (χ1n) is 9.30. The minimum absolute atomic E-state index is 0.414. The highest BCUT2D eigenvalue weighted by Crippen LogP contribution is 2.34. The van der Waals surface area contributed by atoms with Gasteiger partial charge in [-0.05, 0) is 57.1 Å². The monoisotopic (exact) mass is 335 g/mol. The van der Waals surface area contributed by atoms with Gasteiger partial charge in [-0.15, -0.1) is 0 Å². The second-order valence-electron chi connectivity index (χ2n) is 7.56. The molecule has 130 valence electrons. The molecule has 1 aliphatic heterocycles. The molecule has 0 bridgehead atoms. The lowest BCUT2D eigenvalue weighted by atomic mass is 9.96. The molecule has 1 saturated carbocycles. The summed E-state index contributed by atoms with van der Waals surface area (Å²) in [5, 5.41) is 9.59. The van der Waals surface area contributed by atoms with Gasteiger partial charge in [0.2, 0.25) is 0 Å². The van der Waals surface area contributed by atoms with Crippen LogP contribution in [0.25, 0.3) is 0 Å². The van der Waals surface area contributed by atoms with E-state index in [1.54, 1.807) is 0 Å². The van der Waals surface area contributed by atoms with E-state index in [0.717, 1.165) is 55.5 Å². The van der Waals surface area contributed by atoms with Gasteiger partial charge in [-0.1, -0.05) is 0 Å². The van der Waals surface area contributed by atoms with E-state index in [1.165, 1.54) is 18.7 Å². The van der Waals surface area contributed by atoms with E-state index in [9.17, 15) is 5.26 Å². The largest absolute Gasteiger partial charge is 0.355 e. The Morgan fingerprint density at radius 2 is 2.12 bits per heavy atom. The lowest BCUT2D eigenvalue weighted by molar-refractivity contribution is 0.461. The fourth-order valence-corrected chi connectivity index (χ4v) is 3.98. The first-order valence-corrected chi connectivity index (χ1v) is 9.30. The van der Waals surface area contributed by atoms with Crippen LogP contribution in [0.15, 0.2) is 18.5 Å². The highest BCUT2D eigenvalue weighted by molar-refractivity contribution is 5.58. The van der Waals surface area contributed by atoms with E-state index in [-0.39, 0.29) is 0 Å². The van der Waals surface area contributed by atoms with Gasteiger partial charge in [0.25, 0.3) is 0 Å². The molecule has 2 aromatic heterocycles. The molecule has 0 N–H and O–H groups in total. The summed E-state index contributed by atoms with van der Waals surface area (Å²) in [5.74, 6) is 3.32. The lowest BCUT2D eigenvalue weighted by Crippen LogP contribution is -2.36. The number of pyridine rings is 1. The highest BCUT2D eigenvalue weighted by atomic mass is 15.2. The van der Waals surface area contributed by atoms with Gasteiger partial charge in [-0.3, -0.25) is 0 Å². The van der Waals surface area contributed by atoms with Gasteiger partial charge in [-0.2, -0.15) is 5.26 Å². The van der Waals surface area contributed by atoms with Crippen molar-refractivity contribution in [3.63, 3.8) is 0 Å². The normalized spacial score (nSPS) is 20.5. The van der Waals surface area contributed by atoms with Crippen LogP contribution in [0.3, 0.4) is 0 Å². The van der Waals surface area contributed by atoms with Crippen molar-refractivity contribution in [2.45, 2.75) is 52.0 Å². The molecule has 1 saturated heterocycles. The van der Waals surface area contributed by atoms with Gasteiger partial charge in [0.1, 0.15) is 17.7 Å². The lowest BCUT2D eigenvalue weighted by Gasteiger charge is -2.34. The predicted octanol–water partition coefficient (Wildman–Crippen LogP) is 3.56. The minimum atomic E-state index is 0.414. The zero-order valence-electron chi connectivity index (χ0n) is 15.1. The molecule has 25 heavy (non-hydrogen) atoms. The van der Waals surface area contributed by atoms with Gasteiger partial charge in [0.15, 0.2) is 0 Å². The van der Waals surface area contributed by atoms with Crippen LogP contribution in [0.1, 0.15) is 54.2 Å². The molecule has 2 fully saturated rings. The van der Waals surface area contributed by atoms with Crippen molar-refractivity contribution in [1.82, 2.24) is 14.5 Å². The number of hydrogen-bond acceptors (Lipinski definition) is 4. The van der Waals surface area contributed by atoms with Crippen molar-refractivity contribution in [3.05, 3.63) is 41.1 Å². The van der Waals surface area contributed by atoms with Crippen LogP contribution in [-0.4, -0.2) is 27.6 Å². The Morgan fingerprint density at radius 3 is 2.88 bits per heavy atom. The number of aromatic nitrogens is 3. The van der Waals surface area contributed by atoms with Gasteiger partial charge >= 0.3 is 0 Å². The summed E-state index contributed by atoms with van der Waals surface area (Å²) in [6.45, 7) is 6.97. The Hall–Kier alpha value is -2.35. The summed E-state index contributed by atoms with van der Waals surface area (Å²) in [5.41, 5.74) is 2.71. The molecule has 1 atom stereocenters. The van der Waals surface area contributed by atoms with Crippen LogP contribution in [-0.2, 0) is 6.54 Å². The van der Waals surface area contributed by atoms with Crippen molar-refractivity contribution >= 4 is 5.82 Å². The third-order valence-corrected chi connectivity index (χ3v) is 5.42. The Kier molecular flexibility index (Phi) is 4.20. The Bertz CT molecular complexity index is 812. The van der Waals surface area contributed by atoms with Crippen molar-refractivity contribution in [1.29, 1.82) is 5.26 Å². The molecule has 3 heterocycles. The zero-order chi connectivity index (χ0) is 17.4. The number of nitriles is 1. The van der Waals surface area contributed by atoms with E-state index < -0.39 is 0 Å². The van der Waals surface area contributed by atoms with E-state index >= 15 is 0 Å². The van der Waals surface area contributed by atoms with Gasteiger partial charge < -0.3 is 9.47 Å². The third kappa shape index (κ3) is 3.26. The van der Waals surface area contributed by atoms with Crippen LogP contribution in [0, 0.1) is 31.1 Å². The quantitative estimate of drug-likeness (QED) is 0.857. The van der Waals surface area contributed by atoms with E-state index in [2.05, 4.69) is 26.7 Å². The summed E-state index contributed by atoms with van der Waals surface area (Å²) in [6, 6.07) is 4.35. The summed E-state index contributed by atoms with van der Waals surface area (Å²) in [4.78, 5) is 11.7. The number of nitrogens with zero attached hydrogens (tertiary/aromatic N) is 5. The van der Waals surface area contributed by atoms with E-state index in [4.69, 9.17) is 4.98 Å². The Morgan fingerprint density at radius 1 is 1.28 bits per heavy atom. The molecule has 0 radical (unpaired) electrons. The van der Waals surface area contributed by atoms with Crippen LogP contribution < -0.4 is 4.90 Å². The van der Waals surface area contributed by atoms with Crippen LogP contribution in [0.2, 0.25) is 0 Å². The van der Waals surface area contributed by atoms with Crippen LogP contribution >= 0.6 is 0 Å². The van der Waals surface area contributed by atoms with Crippen LogP contribution in [0.5, 0.6) is 0 Å². The maximum absolute atomic E-state index is 9.59. The molecule has 2 aliphatic rings. The van der Waals surface area contributed by atoms with Gasteiger partial charge in [0.05, 0.1) is 5.56 Å². The molecule has 0 amide bonds. The number of hydrogen-bond donors (Lipinski definition) is 0. The van der Waals surface area contributed by atoms with Gasteiger partial charge in [-0.25, -0.2) is 9.97 Å². The molecule has 1 aliphatic carbocycles. The maximum atomic E-state index is 9.59. The Labute approximate surface area is 149 Å². The number of aryl methyl sites for hydroxylation is 2. The predicted molar refractivity (Wildman–Crippen MR) is 97.6 cm³/mol.